The first-order valence-corrected chi connectivity index (χ1v) is 5.89. The number of amides is 1. The molecular formula is C13H15NO4. The highest BCUT2D eigenvalue weighted by Gasteiger charge is 2.17. The molecule has 1 heterocycles. The first kappa shape index (κ1) is 12.6. The highest BCUT2D eigenvalue weighted by molar-refractivity contribution is 5.97. The molecule has 0 saturated carbocycles. The Morgan fingerprint density at radius 2 is 1.89 bits per heavy atom. The molecule has 0 atom stereocenters. The molecule has 2 rings (SSSR count). The summed E-state index contributed by atoms with van der Waals surface area (Å²) in [6.07, 6.45) is 1.59. The zero-order chi connectivity index (χ0) is 13.0. The number of hydrogen-bond acceptors (Lipinski definition) is 3. The Kier molecular flexibility index (Phi) is 3.94. The molecule has 1 saturated heterocycles. The second-order valence-electron chi connectivity index (χ2n) is 4.25. The minimum Gasteiger partial charge on any atom is -0.478 e. The average molecular weight is 249 g/mol. The van der Waals surface area contributed by atoms with Crippen molar-refractivity contribution in [3.05, 3.63) is 35.4 Å². The Balaban J connectivity index is 2.03. The number of carboxylic acid groups (broad SMARTS) is 1. The molecule has 2 N–H and O–H groups in total. The van der Waals surface area contributed by atoms with Gasteiger partial charge in [-0.1, -0.05) is 6.07 Å². The summed E-state index contributed by atoms with van der Waals surface area (Å²) >= 11 is 0. The van der Waals surface area contributed by atoms with E-state index in [2.05, 4.69) is 5.32 Å². The van der Waals surface area contributed by atoms with Crippen LogP contribution in [0.5, 0.6) is 0 Å². The van der Waals surface area contributed by atoms with Crippen LogP contribution in [0.3, 0.4) is 0 Å². The number of benzene rings is 1. The topological polar surface area (TPSA) is 75.6 Å². The van der Waals surface area contributed by atoms with E-state index in [1.54, 1.807) is 12.1 Å². The summed E-state index contributed by atoms with van der Waals surface area (Å²) in [6, 6.07) is 6.15. The molecule has 0 radical (unpaired) electrons. The molecule has 0 aromatic heterocycles. The van der Waals surface area contributed by atoms with E-state index in [1.807, 2.05) is 0 Å². The highest BCUT2D eigenvalue weighted by atomic mass is 16.5. The minimum atomic E-state index is -1.03. The monoisotopic (exact) mass is 249 g/mol. The van der Waals surface area contributed by atoms with E-state index in [0.29, 0.717) is 18.8 Å². The van der Waals surface area contributed by atoms with Crippen LogP contribution < -0.4 is 5.32 Å². The number of rotatable bonds is 3. The third-order valence-electron chi connectivity index (χ3n) is 2.93. The van der Waals surface area contributed by atoms with Crippen LogP contribution in [0.25, 0.3) is 0 Å². The summed E-state index contributed by atoms with van der Waals surface area (Å²) in [4.78, 5) is 22.8. The van der Waals surface area contributed by atoms with Gasteiger partial charge in [0.05, 0.1) is 5.56 Å². The predicted molar refractivity (Wildman–Crippen MR) is 64.7 cm³/mol. The molecule has 1 aromatic rings. The Bertz CT molecular complexity index is 452. The summed E-state index contributed by atoms with van der Waals surface area (Å²) in [7, 11) is 0. The van der Waals surface area contributed by atoms with E-state index in [1.165, 1.54) is 12.1 Å². The van der Waals surface area contributed by atoms with Crippen LogP contribution in [0, 0.1) is 0 Å². The van der Waals surface area contributed by atoms with Crippen LogP contribution in [0.1, 0.15) is 33.6 Å². The van der Waals surface area contributed by atoms with Crippen molar-refractivity contribution in [1.29, 1.82) is 0 Å². The van der Waals surface area contributed by atoms with E-state index >= 15 is 0 Å². The van der Waals surface area contributed by atoms with Gasteiger partial charge in [-0.3, -0.25) is 4.79 Å². The highest BCUT2D eigenvalue weighted by Crippen LogP contribution is 2.09. The maximum atomic E-state index is 11.9. The standard InChI is InChI=1S/C13H15NO4/c15-12(14-11-4-6-18-7-5-11)9-2-1-3-10(8-9)13(16)17/h1-3,8,11H,4-7H2,(H,14,15)(H,16,17). The maximum Gasteiger partial charge on any atom is 0.335 e. The van der Waals surface area contributed by atoms with Crippen molar-refractivity contribution in [2.24, 2.45) is 0 Å². The first-order chi connectivity index (χ1) is 8.66. The van der Waals surface area contributed by atoms with Crippen molar-refractivity contribution in [2.75, 3.05) is 13.2 Å². The van der Waals surface area contributed by atoms with Gasteiger partial charge in [0, 0.05) is 24.8 Å². The molecule has 1 aromatic carbocycles. The molecule has 0 aliphatic carbocycles. The normalized spacial score (nSPS) is 16.2. The van der Waals surface area contributed by atoms with Crippen LogP contribution in [0.4, 0.5) is 0 Å². The molecule has 1 fully saturated rings. The molecule has 1 aliphatic heterocycles. The lowest BCUT2D eigenvalue weighted by atomic mass is 10.1. The van der Waals surface area contributed by atoms with Crippen LogP contribution in [0.15, 0.2) is 24.3 Å². The summed E-state index contributed by atoms with van der Waals surface area (Å²) in [5.41, 5.74) is 0.496. The van der Waals surface area contributed by atoms with Crippen LogP contribution >= 0.6 is 0 Å². The molecule has 0 unspecified atom stereocenters. The molecule has 18 heavy (non-hydrogen) atoms. The van der Waals surface area contributed by atoms with E-state index < -0.39 is 5.97 Å². The summed E-state index contributed by atoms with van der Waals surface area (Å²) in [5.74, 6) is -1.26. The summed E-state index contributed by atoms with van der Waals surface area (Å²) in [6.45, 7) is 1.31. The Labute approximate surface area is 105 Å². The Morgan fingerprint density at radius 3 is 2.56 bits per heavy atom. The lowest BCUT2D eigenvalue weighted by Gasteiger charge is -2.23. The van der Waals surface area contributed by atoms with Crippen molar-refractivity contribution in [3.63, 3.8) is 0 Å². The third-order valence-corrected chi connectivity index (χ3v) is 2.93. The number of nitrogens with one attached hydrogen (secondary N) is 1. The van der Waals surface area contributed by atoms with Gasteiger partial charge in [0.1, 0.15) is 0 Å². The van der Waals surface area contributed by atoms with Gasteiger partial charge in [-0.15, -0.1) is 0 Å². The predicted octanol–water partition coefficient (Wildman–Crippen LogP) is 1.29. The van der Waals surface area contributed by atoms with Crippen LogP contribution in [-0.4, -0.2) is 36.2 Å². The number of ether oxygens (including phenoxy) is 1. The second-order valence-corrected chi connectivity index (χ2v) is 4.25. The number of hydrogen-bond donors (Lipinski definition) is 2. The van der Waals surface area contributed by atoms with Crippen molar-refractivity contribution < 1.29 is 19.4 Å². The van der Waals surface area contributed by atoms with E-state index in [9.17, 15) is 9.59 Å². The van der Waals surface area contributed by atoms with E-state index in [4.69, 9.17) is 9.84 Å². The molecule has 5 heteroatoms. The minimum absolute atomic E-state index is 0.111. The third kappa shape index (κ3) is 3.07. The molecule has 0 spiro atoms. The molecule has 5 nitrogen and oxygen atoms in total. The maximum absolute atomic E-state index is 11.9. The lowest BCUT2D eigenvalue weighted by molar-refractivity contribution is 0.0694. The Hall–Kier alpha value is -1.88. The van der Waals surface area contributed by atoms with Gasteiger partial charge in [0.2, 0.25) is 0 Å². The molecule has 0 bridgehead atoms. The number of carbonyl (C=O) groups excluding carboxylic acids is 1. The molecule has 1 aliphatic rings. The largest absolute Gasteiger partial charge is 0.478 e. The van der Waals surface area contributed by atoms with Crippen molar-refractivity contribution in [1.82, 2.24) is 5.32 Å². The number of carboxylic acids is 1. The van der Waals surface area contributed by atoms with Gasteiger partial charge >= 0.3 is 5.97 Å². The van der Waals surface area contributed by atoms with Gasteiger partial charge in [-0.25, -0.2) is 4.79 Å². The van der Waals surface area contributed by atoms with Crippen LogP contribution in [-0.2, 0) is 4.74 Å². The summed E-state index contributed by atoms with van der Waals surface area (Å²) in [5, 5.41) is 11.8. The quantitative estimate of drug-likeness (QED) is 0.846. The number of carbonyl (C=O) groups is 2. The summed E-state index contributed by atoms with van der Waals surface area (Å²) < 4.78 is 5.21. The van der Waals surface area contributed by atoms with Crippen LogP contribution in [0.2, 0.25) is 0 Å². The van der Waals surface area contributed by atoms with Gasteiger partial charge in [0.15, 0.2) is 0 Å². The van der Waals surface area contributed by atoms with Gasteiger partial charge in [0.25, 0.3) is 5.91 Å². The average Bonchev–Trinajstić information content (AvgIpc) is 2.40. The van der Waals surface area contributed by atoms with Crippen molar-refractivity contribution in [2.45, 2.75) is 18.9 Å². The zero-order valence-corrected chi connectivity index (χ0v) is 9.89. The van der Waals surface area contributed by atoms with Gasteiger partial charge in [-0.2, -0.15) is 0 Å². The molecule has 96 valence electrons. The van der Waals surface area contributed by atoms with E-state index in [0.717, 1.165) is 12.8 Å². The fourth-order valence-electron chi connectivity index (χ4n) is 1.90. The fraction of sp³-hybridized carbons (Fsp3) is 0.385. The smallest absolute Gasteiger partial charge is 0.335 e. The van der Waals surface area contributed by atoms with Gasteiger partial charge < -0.3 is 15.2 Å². The number of aromatic carboxylic acids is 1. The molecule has 1 amide bonds. The van der Waals surface area contributed by atoms with E-state index in [-0.39, 0.29) is 17.5 Å². The second kappa shape index (κ2) is 5.64. The first-order valence-electron chi connectivity index (χ1n) is 5.89. The molecular weight excluding hydrogens is 234 g/mol. The lowest BCUT2D eigenvalue weighted by Crippen LogP contribution is -2.38. The SMILES string of the molecule is O=C(O)c1cccc(C(=O)NC2CCOCC2)c1. The Morgan fingerprint density at radius 1 is 1.22 bits per heavy atom. The van der Waals surface area contributed by atoms with Gasteiger partial charge in [-0.05, 0) is 31.0 Å². The van der Waals surface area contributed by atoms with Crippen molar-refractivity contribution in [3.8, 4) is 0 Å². The fourth-order valence-corrected chi connectivity index (χ4v) is 1.90. The zero-order valence-electron chi connectivity index (χ0n) is 9.89. The van der Waals surface area contributed by atoms with Crippen molar-refractivity contribution >= 4 is 11.9 Å².